The summed E-state index contributed by atoms with van der Waals surface area (Å²) in [5.74, 6) is 1.04. The summed E-state index contributed by atoms with van der Waals surface area (Å²) in [6.07, 6.45) is 12.1. The van der Waals surface area contributed by atoms with Gasteiger partial charge in [0.25, 0.3) is 0 Å². The standard InChI is InChI=1S/C32H38N6O2Si/c1-33-32-36-30-29-27(19-38(30)21-39-11-12-41(2,3)4)25-9-10-28-26(15-25)14-23(18-35-28)8-6-5-7-22-13-24(17-34-16-22)20-40-31(29)37-32/h9-10,13-19H,5-8,11-12,20-21H2,1-4H3,(H,33,36,37). The second kappa shape index (κ2) is 11.6. The second-order valence-corrected chi connectivity index (χ2v) is 17.7. The molecule has 0 radical (unpaired) electrons. The number of hydrogen-bond donors (Lipinski definition) is 1. The number of nitrogens with one attached hydrogen (secondary N) is 1. The van der Waals surface area contributed by atoms with E-state index in [0.29, 0.717) is 25.2 Å². The van der Waals surface area contributed by atoms with Crippen molar-refractivity contribution < 1.29 is 9.47 Å². The minimum Gasteiger partial charge on any atom is -0.472 e. The number of aromatic nitrogens is 5. The van der Waals surface area contributed by atoms with Gasteiger partial charge in [0.05, 0.1) is 10.9 Å². The molecule has 1 N–H and O–H groups in total. The van der Waals surface area contributed by atoms with Gasteiger partial charge in [-0.25, -0.2) is 0 Å². The van der Waals surface area contributed by atoms with Crippen LogP contribution in [-0.4, -0.2) is 46.2 Å². The summed E-state index contributed by atoms with van der Waals surface area (Å²) in [5.41, 5.74) is 7.35. The molecule has 8 nitrogen and oxygen atoms in total. The van der Waals surface area contributed by atoms with Crippen molar-refractivity contribution in [2.24, 2.45) is 0 Å². The van der Waals surface area contributed by atoms with Crippen molar-refractivity contribution in [2.45, 2.75) is 64.7 Å². The van der Waals surface area contributed by atoms with E-state index in [4.69, 9.17) is 24.4 Å². The van der Waals surface area contributed by atoms with Crippen molar-refractivity contribution in [3.63, 3.8) is 0 Å². The van der Waals surface area contributed by atoms with Crippen molar-refractivity contribution in [3.05, 3.63) is 71.8 Å². The topological polar surface area (TPSA) is 87.0 Å². The fourth-order valence-corrected chi connectivity index (χ4v) is 6.03. The van der Waals surface area contributed by atoms with Gasteiger partial charge in [0.15, 0.2) is 5.65 Å². The van der Waals surface area contributed by atoms with E-state index in [9.17, 15) is 0 Å². The van der Waals surface area contributed by atoms with Crippen LogP contribution in [0.3, 0.4) is 0 Å². The van der Waals surface area contributed by atoms with Crippen LogP contribution in [0.4, 0.5) is 5.95 Å². The minimum atomic E-state index is -1.20. The van der Waals surface area contributed by atoms with Gasteiger partial charge in [-0.15, -0.1) is 0 Å². The predicted octanol–water partition coefficient (Wildman–Crippen LogP) is 6.85. The third kappa shape index (κ3) is 6.26. The van der Waals surface area contributed by atoms with E-state index < -0.39 is 8.07 Å². The summed E-state index contributed by atoms with van der Waals surface area (Å²) in [6.45, 7) is 8.60. The molecular weight excluding hydrogens is 528 g/mol. The average molecular weight is 567 g/mol. The molecule has 0 fully saturated rings. The average Bonchev–Trinajstić information content (AvgIpc) is 3.33. The molecule has 0 spiro atoms. The highest BCUT2D eigenvalue weighted by atomic mass is 28.3. The Hall–Kier alpha value is -3.82. The molecule has 0 aliphatic carbocycles. The Morgan fingerprint density at radius 1 is 0.976 bits per heavy atom. The number of nitrogens with zero attached hydrogens (tertiary/aromatic N) is 5. The minimum absolute atomic E-state index is 0.372. The van der Waals surface area contributed by atoms with Crippen molar-refractivity contribution >= 4 is 36.0 Å². The van der Waals surface area contributed by atoms with Crippen molar-refractivity contribution in [1.29, 1.82) is 0 Å². The number of fused-ring (bicyclic) bond motifs is 5. The Bertz CT molecular complexity index is 1690. The first-order valence-electron chi connectivity index (χ1n) is 14.5. The second-order valence-electron chi connectivity index (χ2n) is 12.1. The lowest BCUT2D eigenvalue weighted by Gasteiger charge is -2.15. The summed E-state index contributed by atoms with van der Waals surface area (Å²) >= 11 is 0. The van der Waals surface area contributed by atoms with Crippen molar-refractivity contribution in [3.8, 4) is 17.0 Å². The maximum atomic E-state index is 6.46. The molecule has 5 heterocycles. The summed E-state index contributed by atoms with van der Waals surface area (Å²) in [5, 5.41) is 5.11. The zero-order chi connectivity index (χ0) is 28.4. The van der Waals surface area contributed by atoms with Crippen LogP contribution < -0.4 is 10.1 Å². The summed E-state index contributed by atoms with van der Waals surface area (Å²) < 4.78 is 14.7. The van der Waals surface area contributed by atoms with Gasteiger partial charge in [-0.1, -0.05) is 25.7 Å². The van der Waals surface area contributed by atoms with Gasteiger partial charge in [0.2, 0.25) is 11.8 Å². The molecule has 41 heavy (non-hydrogen) atoms. The summed E-state index contributed by atoms with van der Waals surface area (Å²) in [7, 11) is 0.625. The number of aryl methyl sites for hydroxylation is 2. The number of hydrogen-bond acceptors (Lipinski definition) is 7. The van der Waals surface area contributed by atoms with E-state index in [2.05, 4.69) is 71.0 Å². The molecule has 0 saturated heterocycles. The third-order valence-electron chi connectivity index (χ3n) is 7.59. The zero-order valence-electron chi connectivity index (χ0n) is 24.4. The maximum absolute atomic E-state index is 6.46. The van der Waals surface area contributed by atoms with E-state index in [0.717, 1.165) is 77.0 Å². The molecule has 0 amide bonds. The zero-order valence-corrected chi connectivity index (χ0v) is 25.4. The van der Waals surface area contributed by atoms with Gasteiger partial charge in [0, 0.05) is 63.0 Å². The molecule has 9 heteroatoms. The predicted molar refractivity (Wildman–Crippen MR) is 167 cm³/mol. The van der Waals surface area contributed by atoms with Crippen LogP contribution in [0.15, 0.2) is 55.1 Å². The van der Waals surface area contributed by atoms with Gasteiger partial charge in [-0.2, -0.15) is 9.97 Å². The summed E-state index contributed by atoms with van der Waals surface area (Å²) in [4.78, 5) is 18.9. The quantitative estimate of drug-likeness (QED) is 0.178. The Labute approximate surface area is 242 Å². The third-order valence-corrected chi connectivity index (χ3v) is 9.29. The van der Waals surface area contributed by atoms with Crippen LogP contribution in [0.1, 0.15) is 29.5 Å². The van der Waals surface area contributed by atoms with Crippen LogP contribution >= 0.6 is 0 Å². The molecule has 5 aromatic rings. The molecular formula is C32H38N6O2Si. The Kier molecular flexibility index (Phi) is 7.72. The molecule has 1 aliphatic rings. The molecule has 6 rings (SSSR count). The lowest BCUT2D eigenvalue weighted by atomic mass is 10.0. The van der Waals surface area contributed by atoms with E-state index >= 15 is 0 Å². The van der Waals surface area contributed by atoms with E-state index in [1.54, 1.807) is 0 Å². The number of ether oxygens (including phenoxy) is 2. The molecule has 5 bridgehead atoms. The molecule has 0 unspecified atom stereocenters. The van der Waals surface area contributed by atoms with Crippen LogP contribution in [0.2, 0.25) is 25.7 Å². The van der Waals surface area contributed by atoms with Crippen LogP contribution in [0.25, 0.3) is 33.1 Å². The first kappa shape index (κ1) is 27.4. The Morgan fingerprint density at radius 3 is 2.59 bits per heavy atom. The van der Waals surface area contributed by atoms with Crippen LogP contribution in [0, 0.1) is 0 Å². The molecule has 1 aromatic carbocycles. The normalized spacial score (nSPS) is 14.0. The molecule has 0 atom stereocenters. The number of pyridine rings is 2. The number of benzene rings is 1. The fraction of sp³-hybridized carbons (Fsp3) is 0.375. The Balaban J connectivity index is 1.49. The van der Waals surface area contributed by atoms with Gasteiger partial charge in [-0.3, -0.25) is 9.97 Å². The summed E-state index contributed by atoms with van der Waals surface area (Å²) in [6, 6.07) is 12.0. The lowest BCUT2D eigenvalue weighted by molar-refractivity contribution is 0.0899. The van der Waals surface area contributed by atoms with Gasteiger partial charge >= 0.3 is 0 Å². The number of rotatable bonds is 6. The highest BCUT2D eigenvalue weighted by Gasteiger charge is 2.21. The van der Waals surface area contributed by atoms with Crippen molar-refractivity contribution in [2.75, 3.05) is 19.0 Å². The van der Waals surface area contributed by atoms with Gasteiger partial charge in [0.1, 0.15) is 13.3 Å². The highest BCUT2D eigenvalue weighted by Crippen LogP contribution is 2.37. The van der Waals surface area contributed by atoms with E-state index in [-0.39, 0.29) is 0 Å². The maximum Gasteiger partial charge on any atom is 0.228 e. The fourth-order valence-electron chi connectivity index (χ4n) is 5.28. The lowest BCUT2D eigenvalue weighted by Crippen LogP contribution is -2.22. The van der Waals surface area contributed by atoms with E-state index in [1.165, 1.54) is 11.1 Å². The SMILES string of the molecule is CNc1nc2c3c(cn(COCC[Si](C)(C)C)c3n1)-c1ccc3ncc(cc3c1)CCCCc1cncc(c1)CO2. The molecule has 212 valence electrons. The molecule has 4 aromatic heterocycles. The largest absolute Gasteiger partial charge is 0.472 e. The molecule has 1 aliphatic heterocycles. The van der Waals surface area contributed by atoms with Crippen LogP contribution in [-0.2, 0) is 30.9 Å². The molecule has 0 saturated carbocycles. The highest BCUT2D eigenvalue weighted by molar-refractivity contribution is 6.76. The first-order chi connectivity index (χ1) is 19.9. The first-order valence-corrected chi connectivity index (χ1v) is 18.2. The monoisotopic (exact) mass is 566 g/mol. The van der Waals surface area contributed by atoms with Crippen molar-refractivity contribution in [1.82, 2.24) is 24.5 Å². The smallest absolute Gasteiger partial charge is 0.228 e. The van der Waals surface area contributed by atoms with Gasteiger partial charge < -0.3 is 19.4 Å². The van der Waals surface area contributed by atoms with Crippen LogP contribution in [0.5, 0.6) is 5.88 Å². The van der Waals surface area contributed by atoms with E-state index in [1.807, 2.05) is 25.6 Å². The Morgan fingerprint density at radius 2 is 1.78 bits per heavy atom. The van der Waals surface area contributed by atoms with Gasteiger partial charge in [-0.05, 0) is 72.7 Å². The number of anilines is 1.